The standard InChI is InChI=1S/C11H22O4.C11H24O3/c1-2-3-4-5-6-7-11(14)15-9-10(13)8-12;1-3-5-6-10(4-2)8-14-9-11(13)7-12/h10,12-13H,2-9H2,1H3;10-13H,3-9H2,1-2H3. The first-order valence-electron chi connectivity index (χ1n) is 11.3. The Labute approximate surface area is 177 Å². The van der Waals surface area contributed by atoms with Crippen LogP contribution in [0.25, 0.3) is 0 Å². The number of ether oxygens (including phenoxy) is 2. The van der Waals surface area contributed by atoms with E-state index < -0.39 is 12.2 Å². The van der Waals surface area contributed by atoms with Gasteiger partial charge in [-0.3, -0.25) is 4.79 Å². The maximum absolute atomic E-state index is 11.1. The fraction of sp³-hybridized carbons (Fsp3) is 0.955. The molecule has 0 aliphatic rings. The second-order valence-electron chi connectivity index (χ2n) is 7.47. The van der Waals surface area contributed by atoms with Crippen molar-refractivity contribution >= 4 is 5.97 Å². The molecule has 0 saturated heterocycles. The maximum atomic E-state index is 11.1. The van der Waals surface area contributed by atoms with Gasteiger partial charge in [0, 0.05) is 13.0 Å². The number of hydrogen-bond donors (Lipinski definition) is 4. The number of unbranched alkanes of at least 4 members (excludes halogenated alkanes) is 5. The van der Waals surface area contributed by atoms with Crippen molar-refractivity contribution in [2.45, 2.75) is 97.2 Å². The van der Waals surface area contributed by atoms with Crippen molar-refractivity contribution < 1.29 is 34.7 Å². The average molecular weight is 423 g/mol. The lowest BCUT2D eigenvalue weighted by Gasteiger charge is -2.15. The summed E-state index contributed by atoms with van der Waals surface area (Å²) in [5, 5.41) is 35.0. The Bertz CT molecular complexity index is 339. The summed E-state index contributed by atoms with van der Waals surface area (Å²) >= 11 is 0. The molecule has 3 atom stereocenters. The lowest BCUT2D eigenvalue weighted by atomic mass is 10.0. The van der Waals surface area contributed by atoms with E-state index in [1.807, 2.05) is 0 Å². The summed E-state index contributed by atoms with van der Waals surface area (Å²) in [5.41, 5.74) is 0. The van der Waals surface area contributed by atoms with E-state index in [9.17, 15) is 4.79 Å². The predicted octanol–water partition coefficient (Wildman–Crippen LogP) is 2.82. The number of aliphatic hydroxyl groups is 4. The Morgan fingerprint density at radius 1 is 0.793 bits per heavy atom. The van der Waals surface area contributed by atoms with Crippen LogP contribution in [-0.4, -0.2) is 71.6 Å². The van der Waals surface area contributed by atoms with Gasteiger partial charge in [-0.15, -0.1) is 0 Å². The third kappa shape index (κ3) is 23.4. The average Bonchev–Trinajstić information content (AvgIpc) is 2.74. The van der Waals surface area contributed by atoms with Crippen molar-refractivity contribution in [2.75, 3.05) is 33.0 Å². The van der Waals surface area contributed by atoms with Gasteiger partial charge >= 0.3 is 5.97 Å². The van der Waals surface area contributed by atoms with Crippen LogP contribution in [0.5, 0.6) is 0 Å². The molecule has 29 heavy (non-hydrogen) atoms. The van der Waals surface area contributed by atoms with Gasteiger partial charge in [-0.2, -0.15) is 0 Å². The molecular formula is C22H46O7. The quantitative estimate of drug-likeness (QED) is 0.198. The minimum absolute atomic E-state index is 0.107. The first-order chi connectivity index (χ1) is 13.9. The summed E-state index contributed by atoms with van der Waals surface area (Å²) in [6.07, 6.45) is 8.95. The molecule has 0 bridgehead atoms. The maximum Gasteiger partial charge on any atom is 0.305 e. The lowest BCUT2D eigenvalue weighted by molar-refractivity contribution is -0.147. The summed E-state index contributed by atoms with van der Waals surface area (Å²) < 4.78 is 10.1. The van der Waals surface area contributed by atoms with E-state index in [0.717, 1.165) is 25.7 Å². The molecule has 0 saturated carbocycles. The fourth-order valence-corrected chi connectivity index (χ4v) is 2.51. The SMILES string of the molecule is CCCCC(CC)COCC(O)CO.CCCCCCCC(=O)OCC(O)CO. The Balaban J connectivity index is 0. The van der Waals surface area contributed by atoms with Gasteiger partial charge in [0.15, 0.2) is 0 Å². The number of carbonyl (C=O) groups excluding carboxylic acids is 1. The summed E-state index contributed by atoms with van der Waals surface area (Å²) in [5.74, 6) is 0.305. The molecule has 0 fully saturated rings. The van der Waals surface area contributed by atoms with Gasteiger partial charge in [0.05, 0.1) is 19.8 Å². The van der Waals surface area contributed by atoms with E-state index >= 15 is 0 Å². The molecule has 0 aliphatic carbocycles. The van der Waals surface area contributed by atoms with E-state index in [4.69, 9.17) is 29.9 Å². The molecule has 7 heteroatoms. The zero-order valence-electron chi connectivity index (χ0n) is 18.9. The molecule has 176 valence electrons. The molecule has 0 aromatic rings. The Hall–Kier alpha value is -0.730. The third-order valence-corrected chi connectivity index (χ3v) is 4.55. The highest BCUT2D eigenvalue weighted by atomic mass is 16.5. The molecule has 4 N–H and O–H groups in total. The van der Waals surface area contributed by atoms with Crippen LogP contribution in [0.3, 0.4) is 0 Å². The summed E-state index contributed by atoms with van der Waals surface area (Å²) in [6.45, 7) is 6.74. The zero-order valence-corrected chi connectivity index (χ0v) is 18.9. The zero-order chi connectivity index (χ0) is 22.3. The van der Waals surface area contributed by atoms with Crippen LogP contribution in [0, 0.1) is 5.92 Å². The molecule has 0 rings (SSSR count). The largest absolute Gasteiger partial charge is 0.463 e. The summed E-state index contributed by atoms with van der Waals surface area (Å²) in [6, 6.07) is 0. The molecule has 0 radical (unpaired) electrons. The first kappa shape index (κ1) is 30.5. The van der Waals surface area contributed by atoms with Crippen LogP contribution in [0.2, 0.25) is 0 Å². The van der Waals surface area contributed by atoms with E-state index in [0.29, 0.717) is 18.9 Å². The molecule has 0 heterocycles. The van der Waals surface area contributed by atoms with Crippen LogP contribution in [0.1, 0.15) is 85.0 Å². The van der Waals surface area contributed by atoms with E-state index in [2.05, 4.69) is 20.8 Å². The molecule has 0 aliphatic heterocycles. The third-order valence-electron chi connectivity index (χ3n) is 4.55. The topological polar surface area (TPSA) is 116 Å². The van der Waals surface area contributed by atoms with E-state index in [-0.39, 0.29) is 32.4 Å². The summed E-state index contributed by atoms with van der Waals surface area (Å²) in [4.78, 5) is 11.1. The van der Waals surface area contributed by atoms with Crippen molar-refractivity contribution in [2.24, 2.45) is 5.92 Å². The Morgan fingerprint density at radius 3 is 1.93 bits per heavy atom. The van der Waals surface area contributed by atoms with Crippen LogP contribution in [0.4, 0.5) is 0 Å². The second kappa shape index (κ2) is 23.5. The second-order valence-corrected chi connectivity index (χ2v) is 7.47. The highest BCUT2D eigenvalue weighted by Gasteiger charge is 2.08. The van der Waals surface area contributed by atoms with Crippen molar-refractivity contribution in [3.8, 4) is 0 Å². The number of hydrogen-bond acceptors (Lipinski definition) is 7. The molecular weight excluding hydrogens is 376 g/mol. The summed E-state index contributed by atoms with van der Waals surface area (Å²) in [7, 11) is 0. The number of esters is 1. The van der Waals surface area contributed by atoms with Gasteiger partial charge in [-0.1, -0.05) is 65.7 Å². The monoisotopic (exact) mass is 422 g/mol. The molecule has 0 spiro atoms. The molecule has 0 amide bonds. The highest BCUT2D eigenvalue weighted by molar-refractivity contribution is 5.69. The van der Waals surface area contributed by atoms with Gasteiger partial charge in [0.1, 0.15) is 18.8 Å². The van der Waals surface area contributed by atoms with Crippen molar-refractivity contribution in [1.29, 1.82) is 0 Å². The number of rotatable bonds is 18. The highest BCUT2D eigenvalue weighted by Crippen LogP contribution is 2.12. The van der Waals surface area contributed by atoms with Gasteiger partial charge in [0.25, 0.3) is 0 Å². The first-order valence-corrected chi connectivity index (χ1v) is 11.3. The van der Waals surface area contributed by atoms with Gasteiger partial charge in [-0.05, 0) is 18.8 Å². The minimum atomic E-state index is -0.950. The normalized spacial score (nSPS) is 13.9. The number of aliphatic hydroxyl groups excluding tert-OH is 4. The van der Waals surface area contributed by atoms with Crippen molar-refractivity contribution in [3.05, 3.63) is 0 Å². The van der Waals surface area contributed by atoms with Gasteiger partial charge in [-0.25, -0.2) is 0 Å². The van der Waals surface area contributed by atoms with E-state index in [1.54, 1.807) is 0 Å². The Morgan fingerprint density at radius 2 is 1.38 bits per heavy atom. The Kier molecular flexibility index (Phi) is 24.7. The molecule has 0 aromatic heterocycles. The lowest BCUT2D eigenvalue weighted by Crippen LogP contribution is -2.21. The van der Waals surface area contributed by atoms with Crippen LogP contribution in [-0.2, 0) is 14.3 Å². The van der Waals surface area contributed by atoms with E-state index in [1.165, 1.54) is 32.1 Å². The van der Waals surface area contributed by atoms with Crippen LogP contribution >= 0.6 is 0 Å². The van der Waals surface area contributed by atoms with Crippen molar-refractivity contribution in [3.63, 3.8) is 0 Å². The van der Waals surface area contributed by atoms with Crippen molar-refractivity contribution in [1.82, 2.24) is 0 Å². The minimum Gasteiger partial charge on any atom is -0.463 e. The molecule has 0 aromatic carbocycles. The van der Waals surface area contributed by atoms with Gasteiger partial charge in [0.2, 0.25) is 0 Å². The van der Waals surface area contributed by atoms with Crippen LogP contribution in [0.15, 0.2) is 0 Å². The number of carbonyl (C=O) groups is 1. The van der Waals surface area contributed by atoms with Crippen LogP contribution < -0.4 is 0 Å². The predicted molar refractivity (Wildman–Crippen MR) is 115 cm³/mol. The van der Waals surface area contributed by atoms with Gasteiger partial charge < -0.3 is 29.9 Å². The molecule has 3 unspecified atom stereocenters. The molecule has 7 nitrogen and oxygen atoms in total. The smallest absolute Gasteiger partial charge is 0.305 e. The fourth-order valence-electron chi connectivity index (χ4n) is 2.51.